The molecule has 1 aliphatic heterocycles. The molecular weight excluding hydrogens is 260 g/mol. The molecule has 0 spiro atoms. The van der Waals surface area contributed by atoms with Crippen LogP contribution in [-0.4, -0.2) is 49.4 Å². The third-order valence-corrected chi connectivity index (χ3v) is 3.33. The third kappa shape index (κ3) is 5.19. The van der Waals surface area contributed by atoms with Crippen molar-refractivity contribution in [2.24, 2.45) is 11.8 Å². The first-order valence-electron chi connectivity index (χ1n) is 7.06. The van der Waals surface area contributed by atoms with Crippen LogP contribution in [0.15, 0.2) is 0 Å². The van der Waals surface area contributed by atoms with Crippen LogP contribution >= 0.6 is 0 Å². The van der Waals surface area contributed by atoms with Crippen molar-refractivity contribution < 1.29 is 19.1 Å². The number of nitrogens with zero attached hydrogens (tertiary/aromatic N) is 1. The molecule has 0 radical (unpaired) electrons. The molecule has 1 N–H and O–H groups in total. The number of esters is 1. The molecule has 6 heteroatoms. The second-order valence-electron chi connectivity index (χ2n) is 5.54. The largest absolute Gasteiger partial charge is 0.469 e. The predicted octanol–water partition coefficient (Wildman–Crippen LogP) is 0.560. The highest BCUT2D eigenvalue weighted by molar-refractivity contribution is 5.84. The van der Waals surface area contributed by atoms with Crippen LogP contribution in [0.2, 0.25) is 0 Å². The molecule has 1 saturated heterocycles. The maximum Gasteiger partial charge on any atom is 0.307 e. The van der Waals surface area contributed by atoms with Gasteiger partial charge in [-0.25, -0.2) is 0 Å². The Labute approximate surface area is 119 Å². The highest BCUT2D eigenvalue weighted by atomic mass is 16.5. The van der Waals surface area contributed by atoms with E-state index in [1.807, 2.05) is 13.8 Å². The second kappa shape index (κ2) is 7.87. The Morgan fingerprint density at radius 1 is 1.45 bits per heavy atom. The van der Waals surface area contributed by atoms with Crippen molar-refractivity contribution in [1.29, 1.82) is 0 Å². The minimum Gasteiger partial charge on any atom is -0.469 e. The Balaban J connectivity index is 2.59. The maximum absolute atomic E-state index is 12.5. The van der Waals surface area contributed by atoms with Gasteiger partial charge in [-0.1, -0.05) is 13.8 Å². The molecule has 6 nitrogen and oxygen atoms in total. The normalized spacial score (nSPS) is 18.6. The molecule has 0 aromatic carbocycles. The average molecular weight is 284 g/mol. The standard InChI is InChI=1S/C14H24N2O4/c1-10(2)9-16(7-6-13(18)20-3)14(19)11-4-5-12(17)15-8-11/h10-11H,4-9H2,1-3H3,(H,15,17). The number of amides is 2. The Bertz CT molecular complexity index is 358. The van der Waals surface area contributed by atoms with Gasteiger partial charge >= 0.3 is 5.97 Å². The Morgan fingerprint density at radius 2 is 2.15 bits per heavy atom. The maximum atomic E-state index is 12.5. The Hall–Kier alpha value is -1.59. The fourth-order valence-electron chi connectivity index (χ4n) is 2.26. The first-order chi connectivity index (χ1) is 9.43. The monoisotopic (exact) mass is 284 g/mol. The first-order valence-corrected chi connectivity index (χ1v) is 7.06. The molecule has 114 valence electrons. The van der Waals surface area contributed by atoms with Crippen LogP contribution in [0.3, 0.4) is 0 Å². The van der Waals surface area contributed by atoms with Crippen LogP contribution in [0, 0.1) is 11.8 Å². The number of hydrogen-bond acceptors (Lipinski definition) is 4. The predicted molar refractivity (Wildman–Crippen MR) is 73.8 cm³/mol. The lowest BCUT2D eigenvalue weighted by molar-refractivity contribution is -0.142. The van der Waals surface area contributed by atoms with E-state index in [-0.39, 0.29) is 30.1 Å². The van der Waals surface area contributed by atoms with Crippen LogP contribution in [-0.2, 0) is 19.1 Å². The molecule has 1 rings (SSSR count). The lowest BCUT2D eigenvalue weighted by Crippen LogP contribution is -2.46. The average Bonchev–Trinajstić information content (AvgIpc) is 2.42. The van der Waals surface area contributed by atoms with Crippen molar-refractivity contribution in [3.05, 3.63) is 0 Å². The molecule has 1 heterocycles. The van der Waals surface area contributed by atoms with Gasteiger partial charge in [-0.3, -0.25) is 14.4 Å². The van der Waals surface area contributed by atoms with Gasteiger partial charge in [0.05, 0.1) is 19.4 Å². The zero-order valence-corrected chi connectivity index (χ0v) is 12.5. The minimum absolute atomic E-state index is 0.000907. The highest BCUT2D eigenvalue weighted by Crippen LogP contribution is 2.15. The number of piperidine rings is 1. The quantitative estimate of drug-likeness (QED) is 0.723. The van der Waals surface area contributed by atoms with Crippen LogP contribution in [0.4, 0.5) is 0 Å². The summed E-state index contributed by atoms with van der Waals surface area (Å²) in [7, 11) is 1.34. The molecule has 0 aromatic rings. The second-order valence-corrected chi connectivity index (χ2v) is 5.54. The summed E-state index contributed by atoms with van der Waals surface area (Å²) in [5, 5.41) is 2.72. The summed E-state index contributed by atoms with van der Waals surface area (Å²) in [5.41, 5.74) is 0. The summed E-state index contributed by atoms with van der Waals surface area (Å²) >= 11 is 0. The molecule has 1 fully saturated rings. The summed E-state index contributed by atoms with van der Waals surface area (Å²) in [4.78, 5) is 36.5. The SMILES string of the molecule is COC(=O)CCN(CC(C)C)C(=O)C1CCC(=O)NC1. The third-order valence-electron chi connectivity index (χ3n) is 3.33. The number of hydrogen-bond donors (Lipinski definition) is 1. The molecule has 0 aromatic heterocycles. The first kappa shape index (κ1) is 16.5. The van der Waals surface area contributed by atoms with Crippen LogP contribution in [0.25, 0.3) is 0 Å². The lowest BCUT2D eigenvalue weighted by atomic mass is 9.97. The summed E-state index contributed by atoms with van der Waals surface area (Å²) in [6, 6.07) is 0. The number of carbonyl (C=O) groups is 3. The van der Waals surface area contributed by atoms with E-state index >= 15 is 0 Å². The van der Waals surface area contributed by atoms with Crippen molar-refractivity contribution in [3.63, 3.8) is 0 Å². The van der Waals surface area contributed by atoms with E-state index < -0.39 is 0 Å². The molecule has 20 heavy (non-hydrogen) atoms. The van der Waals surface area contributed by atoms with E-state index in [2.05, 4.69) is 10.1 Å². The van der Waals surface area contributed by atoms with Crippen molar-refractivity contribution in [3.8, 4) is 0 Å². The smallest absolute Gasteiger partial charge is 0.307 e. The molecule has 2 amide bonds. The Kier molecular flexibility index (Phi) is 6.48. The van der Waals surface area contributed by atoms with E-state index in [1.54, 1.807) is 4.90 Å². The van der Waals surface area contributed by atoms with Crippen LogP contribution in [0.1, 0.15) is 33.1 Å². The molecular formula is C14H24N2O4. The van der Waals surface area contributed by atoms with Gasteiger partial charge in [0.2, 0.25) is 11.8 Å². The molecule has 0 saturated carbocycles. The number of carbonyl (C=O) groups excluding carboxylic acids is 3. The fraction of sp³-hybridized carbons (Fsp3) is 0.786. The molecule has 1 atom stereocenters. The van der Waals surface area contributed by atoms with Crippen LogP contribution < -0.4 is 5.32 Å². The summed E-state index contributed by atoms with van der Waals surface area (Å²) < 4.78 is 4.61. The van der Waals surface area contributed by atoms with Gasteiger partial charge in [-0.2, -0.15) is 0 Å². The van der Waals surface area contributed by atoms with E-state index in [0.29, 0.717) is 38.4 Å². The minimum atomic E-state index is -0.316. The van der Waals surface area contributed by atoms with Gasteiger partial charge in [-0.05, 0) is 12.3 Å². The number of ether oxygens (including phenoxy) is 1. The zero-order chi connectivity index (χ0) is 15.1. The van der Waals surface area contributed by atoms with Crippen molar-refractivity contribution in [1.82, 2.24) is 10.2 Å². The van der Waals surface area contributed by atoms with Gasteiger partial charge < -0.3 is 15.0 Å². The van der Waals surface area contributed by atoms with Gasteiger partial charge in [0.15, 0.2) is 0 Å². The van der Waals surface area contributed by atoms with E-state index in [4.69, 9.17) is 0 Å². The van der Waals surface area contributed by atoms with Crippen LogP contribution in [0.5, 0.6) is 0 Å². The number of methoxy groups -OCH3 is 1. The summed E-state index contributed by atoms with van der Waals surface area (Å²) in [6.07, 6.45) is 1.18. The topological polar surface area (TPSA) is 75.7 Å². The van der Waals surface area contributed by atoms with E-state index in [1.165, 1.54) is 7.11 Å². The zero-order valence-electron chi connectivity index (χ0n) is 12.5. The van der Waals surface area contributed by atoms with Crippen molar-refractivity contribution >= 4 is 17.8 Å². The van der Waals surface area contributed by atoms with E-state index in [0.717, 1.165) is 0 Å². The summed E-state index contributed by atoms with van der Waals surface area (Å²) in [6.45, 7) is 5.43. The highest BCUT2D eigenvalue weighted by Gasteiger charge is 2.28. The molecule has 1 unspecified atom stereocenters. The Morgan fingerprint density at radius 3 is 2.65 bits per heavy atom. The van der Waals surface area contributed by atoms with Gasteiger partial charge in [0, 0.05) is 26.1 Å². The molecule has 0 aliphatic carbocycles. The van der Waals surface area contributed by atoms with Gasteiger partial charge in [0.1, 0.15) is 0 Å². The number of nitrogens with one attached hydrogen (secondary N) is 1. The number of rotatable bonds is 6. The van der Waals surface area contributed by atoms with Gasteiger partial charge in [0.25, 0.3) is 0 Å². The van der Waals surface area contributed by atoms with Gasteiger partial charge in [-0.15, -0.1) is 0 Å². The lowest BCUT2D eigenvalue weighted by Gasteiger charge is -2.30. The summed E-state index contributed by atoms with van der Waals surface area (Å²) in [5.74, 6) is -0.149. The molecule has 1 aliphatic rings. The van der Waals surface area contributed by atoms with Crippen molar-refractivity contribution in [2.45, 2.75) is 33.1 Å². The van der Waals surface area contributed by atoms with E-state index in [9.17, 15) is 14.4 Å². The fourth-order valence-corrected chi connectivity index (χ4v) is 2.26. The molecule has 0 bridgehead atoms. The van der Waals surface area contributed by atoms with Crippen molar-refractivity contribution in [2.75, 3.05) is 26.7 Å².